The summed E-state index contributed by atoms with van der Waals surface area (Å²) in [6.07, 6.45) is 1.94. The van der Waals surface area contributed by atoms with Crippen molar-refractivity contribution in [1.29, 1.82) is 0 Å². The van der Waals surface area contributed by atoms with Crippen LogP contribution in [0.2, 0.25) is 0 Å². The van der Waals surface area contributed by atoms with Crippen molar-refractivity contribution >= 4 is 43.6 Å². The van der Waals surface area contributed by atoms with Gasteiger partial charge >= 0.3 is 21.1 Å². The third kappa shape index (κ3) is 7.13. The Morgan fingerprint density at radius 1 is 0.516 bits per heavy atom. The molecule has 4 aromatic heterocycles. The van der Waals surface area contributed by atoms with Crippen molar-refractivity contribution < 1.29 is 21.1 Å². The Balaban J connectivity index is 0.00000518. The number of nitrogens with zero attached hydrogens (tertiary/aromatic N) is 5. The molecule has 5 nitrogen and oxygen atoms in total. The molecule has 6 heteroatoms. The summed E-state index contributed by atoms with van der Waals surface area (Å²) in [6, 6.07) is 56.1. The second-order valence-electron chi connectivity index (χ2n) is 19.8. The van der Waals surface area contributed by atoms with E-state index in [1.165, 1.54) is 38.6 Å². The zero-order chi connectivity index (χ0) is 43.9. The van der Waals surface area contributed by atoms with Gasteiger partial charge in [0.1, 0.15) is 11.5 Å². The Kier molecular flexibility index (Phi) is 10.9. The number of fused-ring (bicyclic) bond motifs is 6. The summed E-state index contributed by atoms with van der Waals surface area (Å²) in [5, 5.41) is 10.3. The van der Waals surface area contributed by atoms with Crippen LogP contribution in [0, 0.1) is 12.1 Å². The molecule has 0 aliphatic rings. The van der Waals surface area contributed by atoms with Gasteiger partial charge in [-0.05, 0) is 80.2 Å². The Hall–Kier alpha value is -6.03. The van der Waals surface area contributed by atoms with E-state index in [4.69, 9.17) is 10.1 Å². The molecule has 0 amide bonds. The molecule has 0 spiro atoms. The molecule has 0 unspecified atom stereocenters. The molecule has 0 saturated carbocycles. The quantitative estimate of drug-likeness (QED) is 0.149. The Labute approximate surface area is 392 Å². The molecule has 0 radical (unpaired) electrons. The Morgan fingerprint density at radius 2 is 1.06 bits per heavy atom. The van der Waals surface area contributed by atoms with E-state index in [0.29, 0.717) is 11.8 Å². The summed E-state index contributed by atoms with van der Waals surface area (Å²) in [5.41, 5.74) is 15.3. The molecule has 0 N–H and O–H groups in total. The molecule has 6 aromatic carbocycles. The first-order valence-electron chi connectivity index (χ1n) is 22.4. The van der Waals surface area contributed by atoms with Gasteiger partial charge in [0.15, 0.2) is 0 Å². The van der Waals surface area contributed by atoms with Crippen LogP contribution in [0.25, 0.3) is 83.2 Å². The third-order valence-electron chi connectivity index (χ3n) is 12.7. The molecule has 0 atom stereocenters. The summed E-state index contributed by atoms with van der Waals surface area (Å²) in [5.74, 6) is 1.53. The van der Waals surface area contributed by atoms with Gasteiger partial charge in [-0.15, -0.1) is 35.0 Å². The van der Waals surface area contributed by atoms with Crippen LogP contribution in [0.3, 0.4) is 0 Å². The SMILES string of the molecule is CC(C)c1cccc(C(C)C)c1-c1c(-c2ccccc2)nn(-c2[c-]c3c(cc2)c2ccccc2n3-c2[c-]c3c(cc2)c2ccccc2n3-c2cc(C(C)(C)C)ccn2)c1C(C)(C)C.[Pt+2]. The summed E-state index contributed by atoms with van der Waals surface area (Å²) in [4.78, 5) is 4.96. The zero-order valence-corrected chi connectivity index (χ0v) is 40.8. The van der Waals surface area contributed by atoms with E-state index in [-0.39, 0.29) is 31.9 Å². The molecule has 10 aromatic rings. The minimum atomic E-state index is -0.284. The Morgan fingerprint density at radius 3 is 1.66 bits per heavy atom. The van der Waals surface area contributed by atoms with Gasteiger partial charge in [-0.3, -0.25) is 4.68 Å². The van der Waals surface area contributed by atoms with Crippen LogP contribution in [-0.2, 0) is 31.9 Å². The maximum Gasteiger partial charge on any atom is 2.00 e. The van der Waals surface area contributed by atoms with Crippen molar-refractivity contribution in [3.63, 3.8) is 0 Å². The largest absolute Gasteiger partial charge is 2.00 e. The van der Waals surface area contributed by atoms with E-state index in [1.807, 2.05) is 6.20 Å². The molecule has 0 saturated heterocycles. The molecule has 0 bridgehead atoms. The normalized spacial score (nSPS) is 12.4. The van der Waals surface area contributed by atoms with Gasteiger partial charge in [-0.1, -0.05) is 171 Å². The number of hydrogen-bond acceptors (Lipinski definition) is 2. The van der Waals surface area contributed by atoms with Crippen LogP contribution in [0.15, 0.2) is 140 Å². The molecule has 10 rings (SSSR count). The van der Waals surface area contributed by atoms with Gasteiger partial charge in [-0.2, -0.15) is 17.2 Å². The molecular weight excluding hydrogens is 962 g/mol. The van der Waals surface area contributed by atoms with E-state index in [1.54, 1.807) is 0 Å². The van der Waals surface area contributed by atoms with Gasteiger partial charge in [0.25, 0.3) is 0 Å². The number of aromatic nitrogens is 5. The van der Waals surface area contributed by atoms with E-state index in [0.717, 1.165) is 67.0 Å². The predicted molar refractivity (Wildman–Crippen MR) is 264 cm³/mol. The van der Waals surface area contributed by atoms with Crippen LogP contribution in [-0.4, -0.2) is 23.9 Å². The average molecular weight is 1020 g/mol. The fraction of sp³-hybridized carbons (Fsp3) is 0.241. The number of benzene rings is 6. The summed E-state index contributed by atoms with van der Waals surface area (Å²) in [6.45, 7) is 22.9. The smallest absolute Gasteiger partial charge is 0.358 e. The second-order valence-corrected chi connectivity index (χ2v) is 19.8. The second kappa shape index (κ2) is 16.2. The topological polar surface area (TPSA) is 40.6 Å². The number of rotatable bonds is 7. The van der Waals surface area contributed by atoms with Crippen LogP contribution >= 0.6 is 0 Å². The summed E-state index contributed by atoms with van der Waals surface area (Å²) in [7, 11) is 0. The zero-order valence-electron chi connectivity index (χ0n) is 38.5. The number of para-hydroxylation sites is 2. The van der Waals surface area contributed by atoms with Crippen molar-refractivity contribution in [2.75, 3.05) is 0 Å². The molecule has 0 aliphatic heterocycles. The maximum absolute atomic E-state index is 5.65. The molecule has 0 aliphatic carbocycles. The summed E-state index contributed by atoms with van der Waals surface area (Å²) < 4.78 is 6.80. The van der Waals surface area contributed by atoms with Gasteiger partial charge in [0, 0.05) is 33.8 Å². The fourth-order valence-electron chi connectivity index (χ4n) is 9.67. The van der Waals surface area contributed by atoms with Gasteiger partial charge in [0.05, 0.1) is 5.69 Å². The maximum atomic E-state index is 5.65. The molecule has 4 heterocycles. The average Bonchev–Trinajstić information content (AvgIpc) is 3.94. The van der Waals surface area contributed by atoms with Crippen molar-refractivity contribution in [1.82, 2.24) is 23.9 Å². The third-order valence-corrected chi connectivity index (χ3v) is 12.7. The van der Waals surface area contributed by atoms with Crippen molar-refractivity contribution in [2.45, 2.75) is 91.9 Å². The Bertz CT molecular complexity index is 3340. The fourth-order valence-corrected chi connectivity index (χ4v) is 9.67. The van der Waals surface area contributed by atoms with E-state index in [2.05, 4.69) is 229 Å². The van der Waals surface area contributed by atoms with Crippen molar-refractivity contribution in [3.05, 3.63) is 174 Å². The molecule has 64 heavy (non-hydrogen) atoms. The first-order valence-corrected chi connectivity index (χ1v) is 22.4. The first-order chi connectivity index (χ1) is 30.2. The van der Waals surface area contributed by atoms with Crippen LogP contribution in [0.1, 0.15) is 103 Å². The summed E-state index contributed by atoms with van der Waals surface area (Å²) >= 11 is 0. The van der Waals surface area contributed by atoms with E-state index < -0.39 is 0 Å². The van der Waals surface area contributed by atoms with E-state index >= 15 is 0 Å². The monoisotopic (exact) mass is 1020 g/mol. The predicted octanol–water partition coefficient (Wildman–Crippen LogP) is 15.2. The minimum Gasteiger partial charge on any atom is -0.358 e. The van der Waals surface area contributed by atoms with Crippen LogP contribution < -0.4 is 0 Å². The van der Waals surface area contributed by atoms with Crippen molar-refractivity contribution in [3.8, 4) is 39.6 Å². The molecule has 0 fully saturated rings. The van der Waals surface area contributed by atoms with Crippen LogP contribution in [0.5, 0.6) is 0 Å². The molecule has 322 valence electrons. The molecular formula is C58H55N5Pt. The van der Waals surface area contributed by atoms with Gasteiger partial charge < -0.3 is 9.13 Å². The minimum absolute atomic E-state index is 0. The number of pyridine rings is 1. The standard InChI is InChI=1S/C58H55N5.Pt/c1-36(2)42-23-18-24-43(37(3)4)53(42)54-55(38-19-12-11-13-20-38)60-63(56(54)58(8,9)10)41-28-30-46-44-21-14-16-25-48(44)61(50(46)35-41)40-27-29-47-45-22-15-17-26-49(45)62(51(47)34-40)52-33-39(31-32-59-52)57(5,6)7;/h11-33,36-37H,1-10H3;/q-2;+2. The van der Waals surface area contributed by atoms with Crippen molar-refractivity contribution in [2.24, 2.45) is 0 Å². The van der Waals surface area contributed by atoms with Gasteiger partial charge in [0.2, 0.25) is 0 Å². The van der Waals surface area contributed by atoms with E-state index in [9.17, 15) is 0 Å². The first kappa shape index (κ1) is 43.2. The number of hydrogen-bond donors (Lipinski definition) is 0. The van der Waals surface area contributed by atoms with Gasteiger partial charge in [-0.25, -0.2) is 4.98 Å². The van der Waals surface area contributed by atoms with Crippen LogP contribution in [0.4, 0.5) is 0 Å².